The minimum absolute atomic E-state index is 0.285. The number of ether oxygens (including phenoxy) is 1. The molecule has 0 heterocycles. The van der Waals surface area contributed by atoms with Crippen LogP contribution in [-0.4, -0.2) is 22.8 Å². The monoisotopic (exact) mass is 228 g/mol. The number of aliphatic hydroxyl groups is 1. The minimum atomic E-state index is -0.514. The first-order valence-electron chi connectivity index (χ1n) is 5.71. The zero-order chi connectivity index (χ0) is 12.9. The molecule has 3 nitrogen and oxygen atoms in total. The van der Waals surface area contributed by atoms with Crippen molar-refractivity contribution in [1.29, 1.82) is 0 Å². The van der Waals surface area contributed by atoms with Gasteiger partial charge >= 0.3 is 5.97 Å². The molecule has 0 aromatic rings. The Morgan fingerprint density at radius 3 is 2.25 bits per heavy atom. The van der Waals surface area contributed by atoms with Gasteiger partial charge in [0.2, 0.25) is 0 Å². The van der Waals surface area contributed by atoms with E-state index in [1.54, 1.807) is 0 Å². The molecule has 0 aromatic carbocycles. The largest absolute Gasteiger partial charge is 0.457 e. The van der Waals surface area contributed by atoms with Crippen LogP contribution in [0, 0.1) is 5.92 Å². The van der Waals surface area contributed by atoms with E-state index in [0.717, 1.165) is 0 Å². The first-order chi connectivity index (χ1) is 7.11. The molecule has 0 amide bonds. The lowest BCUT2D eigenvalue weighted by Gasteiger charge is -2.21. The Bertz CT molecular complexity index is 248. The Balaban J connectivity index is 4.11. The van der Waals surface area contributed by atoms with Gasteiger partial charge in [0.25, 0.3) is 0 Å². The smallest absolute Gasteiger partial charge is 0.334 e. The van der Waals surface area contributed by atoms with E-state index in [1.165, 1.54) is 0 Å². The minimum Gasteiger partial charge on any atom is -0.457 e. The first kappa shape index (κ1) is 15.2. The van der Waals surface area contributed by atoms with Gasteiger partial charge in [-0.2, -0.15) is 0 Å². The second-order valence-electron chi connectivity index (χ2n) is 5.59. The lowest BCUT2D eigenvalue weighted by atomic mass is 10.0. The summed E-state index contributed by atoms with van der Waals surface area (Å²) in [6, 6.07) is 0. The van der Waals surface area contributed by atoms with Crippen LogP contribution in [0.1, 0.15) is 47.5 Å². The summed E-state index contributed by atoms with van der Waals surface area (Å²) in [7, 11) is 0. The molecule has 16 heavy (non-hydrogen) atoms. The van der Waals surface area contributed by atoms with Crippen LogP contribution in [0.15, 0.2) is 12.2 Å². The van der Waals surface area contributed by atoms with Crippen LogP contribution in [0.2, 0.25) is 0 Å². The highest BCUT2D eigenvalue weighted by Gasteiger charge is 2.20. The highest BCUT2D eigenvalue weighted by Crippen LogP contribution is 2.16. The Labute approximate surface area is 98.5 Å². The maximum atomic E-state index is 11.5. The number of esters is 1. The van der Waals surface area contributed by atoms with Crippen LogP contribution in [0.4, 0.5) is 0 Å². The van der Waals surface area contributed by atoms with Gasteiger partial charge in [0.05, 0.1) is 6.10 Å². The van der Waals surface area contributed by atoms with Crippen molar-refractivity contribution in [1.82, 2.24) is 0 Å². The predicted molar refractivity (Wildman–Crippen MR) is 65.1 cm³/mol. The van der Waals surface area contributed by atoms with Crippen LogP contribution in [-0.2, 0) is 9.53 Å². The summed E-state index contributed by atoms with van der Waals surface area (Å²) in [5.74, 6) is -0.0169. The molecule has 94 valence electrons. The van der Waals surface area contributed by atoms with Crippen molar-refractivity contribution in [2.24, 2.45) is 5.92 Å². The third-order valence-corrected chi connectivity index (χ3v) is 1.91. The van der Waals surface area contributed by atoms with Crippen molar-refractivity contribution in [3.05, 3.63) is 12.2 Å². The molecular formula is C13H24O3. The summed E-state index contributed by atoms with van der Waals surface area (Å²) >= 11 is 0. The summed E-state index contributed by atoms with van der Waals surface area (Å²) in [6.07, 6.45) is 0.439. The topological polar surface area (TPSA) is 46.5 Å². The second kappa shape index (κ2) is 6.04. The molecule has 0 fully saturated rings. The quantitative estimate of drug-likeness (QED) is 0.581. The number of hydrogen-bond donors (Lipinski definition) is 1. The average molecular weight is 228 g/mol. The predicted octanol–water partition coefficient (Wildman–Crippen LogP) is 2.68. The van der Waals surface area contributed by atoms with Crippen molar-refractivity contribution in [2.45, 2.75) is 59.2 Å². The summed E-state index contributed by atoms with van der Waals surface area (Å²) < 4.78 is 5.16. The van der Waals surface area contributed by atoms with E-state index >= 15 is 0 Å². The Morgan fingerprint density at radius 2 is 1.88 bits per heavy atom. The van der Waals surface area contributed by atoms with Crippen LogP contribution in [0.3, 0.4) is 0 Å². The molecule has 1 N–H and O–H groups in total. The standard InChI is InChI=1S/C13H24O3/c1-9(2)7-11(14)8-10(3)12(15)16-13(4,5)6/h9,11,14H,3,7-8H2,1-2,4-6H3. The Hall–Kier alpha value is -0.830. The average Bonchev–Trinajstić information content (AvgIpc) is 1.98. The number of rotatable bonds is 5. The third-order valence-electron chi connectivity index (χ3n) is 1.91. The van der Waals surface area contributed by atoms with Crippen LogP contribution < -0.4 is 0 Å². The van der Waals surface area contributed by atoms with Crippen molar-refractivity contribution in [2.75, 3.05) is 0 Å². The maximum absolute atomic E-state index is 11.5. The normalized spacial score (nSPS) is 13.7. The third kappa shape index (κ3) is 7.46. The van der Waals surface area contributed by atoms with Crippen molar-refractivity contribution in [3.8, 4) is 0 Å². The Morgan fingerprint density at radius 1 is 1.38 bits per heavy atom. The molecule has 1 atom stereocenters. The van der Waals surface area contributed by atoms with Gasteiger partial charge in [-0.15, -0.1) is 0 Å². The van der Waals surface area contributed by atoms with Crippen LogP contribution >= 0.6 is 0 Å². The highest BCUT2D eigenvalue weighted by molar-refractivity contribution is 5.88. The lowest BCUT2D eigenvalue weighted by Crippen LogP contribution is -2.26. The lowest BCUT2D eigenvalue weighted by molar-refractivity contribution is -0.150. The summed E-state index contributed by atoms with van der Waals surface area (Å²) in [5.41, 5.74) is -0.175. The zero-order valence-electron chi connectivity index (χ0n) is 11.0. The number of hydrogen-bond acceptors (Lipinski definition) is 3. The van der Waals surface area contributed by atoms with Gasteiger partial charge in [-0.05, 0) is 33.1 Å². The molecule has 0 spiro atoms. The zero-order valence-corrected chi connectivity index (χ0v) is 11.0. The molecular weight excluding hydrogens is 204 g/mol. The van der Waals surface area contributed by atoms with E-state index in [4.69, 9.17) is 4.74 Å². The molecule has 0 bridgehead atoms. The van der Waals surface area contributed by atoms with E-state index in [-0.39, 0.29) is 6.42 Å². The summed E-state index contributed by atoms with van der Waals surface area (Å²) in [5, 5.41) is 9.67. The van der Waals surface area contributed by atoms with E-state index in [2.05, 4.69) is 6.58 Å². The molecule has 0 radical (unpaired) electrons. The molecule has 0 aliphatic rings. The fourth-order valence-corrected chi connectivity index (χ4v) is 1.35. The van der Waals surface area contributed by atoms with E-state index in [1.807, 2.05) is 34.6 Å². The summed E-state index contributed by atoms with van der Waals surface area (Å²) in [4.78, 5) is 11.5. The van der Waals surface area contributed by atoms with Crippen LogP contribution in [0.25, 0.3) is 0 Å². The van der Waals surface area contributed by atoms with Crippen molar-refractivity contribution < 1.29 is 14.6 Å². The fraction of sp³-hybridized carbons (Fsp3) is 0.769. The van der Waals surface area contributed by atoms with Gasteiger partial charge in [0.15, 0.2) is 0 Å². The maximum Gasteiger partial charge on any atom is 0.334 e. The van der Waals surface area contributed by atoms with E-state index in [9.17, 15) is 9.90 Å². The SMILES string of the molecule is C=C(CC(O)CC(C)C)C(=O)OC(C)(C)C. The molecule has 0 saturated heterocycles. The molecule has 0 aromatic heterocycles. The van der Waals surface area contributed by atoms with Gasteiger partial charge < -0.3 is 9.84 Å². The van der Waals surface area contributed by atoms with Gasteiger partial charge in [0, 0.05) is 12.0 Å². The van der Waals surface area contributed by atoms with Gasteiger partial charge in [-0.3, -0.25) is 0 Å². The van der Waals surface area contributed by atoms with Crippen molar-refractivity contribution >= 4 is 5.97 Å². The highest BCUT2D eigenvalue weighted by atomic mass is 16.6. The molecule has 0 rings (SSSR count). The van der Waals surface area contributed by atoms with Crippen LogP contribution in [0.5, 0.6) is 0 Å². The first-order valence-corrected chi connectivity index (χ1v) is 5.71. The molecule has 0 aliphatic carbocycles. The molecule has 0 saturated carbocycles. The van der Waals surface area contributed by atoms with Gasteiger partial charge in [0.1, 0.15) is 5.60 Å². The van der Waals surface area contributed by atoms with Gasteiger partial charge in [-0.25, -0.2) is 4.79 Å². The fourth-order valence-electron chi connectivity index (χ4n) is 1.35. The van der Waals surface area contributed by atoms with Gasteiger partial charge in [-0.1, -0.05) is 20.4 Å². The number of aliphatic hydroxyl groups excluding tert-OH is 1. The second-order valence-corrected chi connectivity index (χ2v) is 5.59. The molecule has 3 heteroatoms. The van der Waals surface area contributed by atoms with E-state index in [0.29, 0.717) is 17.9 Å². The number of carbonyl (C=O) groups excluding carboxylic acids is 1. The number of carbonyl (C=O) groups is 1. The summed E-state index contributed by atoms with van der Waals surface area (Å²) in [6.45, 7) is 13.1. The Kier molecular flexibility index (Phi) is 5.73. The molecule has 1 unspecified atom stereocenters. The molecule has 0 aliphatic heterocycles. The van der Waals surface area contributed by atoms with Crippen molar-refractivity contribution in [3.63, 3.8) is 0 Å². The van der Waals surface area contributed by atoms with E-state index < -0.39 is 17.7 Å².